The first-order valence-corrected chi connectivity index (χ1v) is 7.20. The van der Waals surface area contributed by atoms with Crippen LogP contribution in [-0.2, 0) is 0 Å². The van der Waals surface area contributed by atoms with Crippen LogP contribution in [0.5, 0.6) is 5.75 Å². The predicted octanol–water partition coefficient (Wildman–Crippen LogP) is 2.18. The first-order valence-electron chi connectivity index (χ1n) is 6.38. The minimum absolute atomic E-state index is 0. The van der Waals surface area contributed by atoms with Crippen molar-refractivity contribution in [2.75, 3.05) is 0 Å². The molecule has 22 heavy (non-hydrogen) atoms. The van der Waals surface area contributed by atoms with Gasteiger partial charge < -0.3 is 9.52 Å². The number of aromatic nitrogens is 1. The topological polar surface area (TPSA) is 67.4 Å². The Morgan fingerprint density at radius 1 is 1.05 bits per heavy atom. The molecule has 1 N–H and O–H groups in total. The Morgan fingerprint density at radius 2 is 1.77 bits per heavy atom. The molecule has 4 rings (SSSR count). The van der Waals surface area contributed by atoms with E-state index >= 15 is 0 Å². The molecule has 0 saturated heterocycles. The van der Waals surface area contributed by atoms with Crippen molar-refractivity contribution in [2.45, 2.75) is 0 Å². The summed E-state index contributed by atoms with van der Waals surface area (Å²) in [5.74, 6) is -0.301. The Kier molecular flexibility index (Phi) is 3.53. The summed E-state index contributed by atoms with van der Waals surface area (Å²) in [4.78, 5) is 15.3. The van der Waals surface area contributed by atoms with Gasteiger partial charge in [0.1, 0.15) is 15.8 Å². The molecule has 0 aliphatic rings. The summed E-state index contributed by atoms with van der Waals surface area (Å²) in [5.41, 5.74) is 0.665. The first-order chi connectivity index (χ1) is 10.2. The first kappa shape index (κ1) is 14.4. The molecule has 4 nitrogen and oxygen atoms in total. The molecule has 0 amide bonds. The fraction of sp³-hybridized carbons (Fsp3) is 0. The number of aromatic amines is 1. The van der Waals surface area contributed by atoms with E-state index in [-0.39, 0.29) is 21.4 Å². The minimum atomic E-state index is -0.610. The van der Waals surface area contributed by atoms with E-state index in [1.165, 1.54) is 11.3 Å². The fourth-order valence-electron chi connectivity index (χ4n) is 2.35. The van der Waals surface area contributed by atoms with Gasteiger partial charge in [0.15, 0.2) is 0 Å². The third kappa shape index (κ3) is 2.11. The van der Waals surface area contributed by atoms with Crippen LogP contribution in [0.3, 0.4) is 0 Å². The van der Waals surface area contributed by atoms with Gasteiger partial charge in [-0.2, -0.15) is 4.98 Å². The Bertz CT molecular complexity index is 1010. The second kappa shape index (κ2) is 5.37. The van der Waals surface area contributed by atoms with Gasteiger partial charge in [0.2, 0.25) is 5.52 Å². The Hall–Kier alpha value is -2.49. The van der Waals surface area contributed by atoms with Gasteiger partial charge >= 0.3 is 15.7 Å². The zero-order valence-electron chi connectivity index (χ0n) is 11.5. The molecule has 0 fully saturated rings. The molecule has 4 aromatic rings. The molecule has 0 aliphatic carbocycles. The number of para-hydroxylation sites is 2. The number of thiazole rings is 1. The summed E-state index contributed by atoms with van der Waals surface area (Å²) in [5, 5.41) is 13.5. The maximum absolute atomic E-state index is 12.6. The van der Waals surface area contributed by atoms with Crippen molar-refractivity contribution in [1.29, 1.82) is 0 Å². The van der Waals surface area contributed by atoms with E-state index in [1.54, 1.807) is 24.3 Å². The van der Waals surface area contributed by atoms with Crippen LogP contribution in [-0.4, -0.2) is 10.1 Å². The Labute approximate surface area is 132 Å². The molecule has 2 aromatic heterocycles. The van der Waals surface area contributed by atoms with Crippen molar-refractivity contribution in [1.82, 2.24) is 0 Å². The van der Waals surface area contributed by atoms with Crippen LogP contribution in [0.2, 0.25) is 0 Å². The van der Waals surface area contributed by atoms with Crippen molar-refractivity contribution in [2.24, 2.45) is 0 Å². The largest absolute Gasteiger partial charge is 2.00 e. The van der Waals surface area contributed by atoms with Gasteiger partial charge in [0.25, 0.3) is 5.01 Å². The number of fused-ring (bicyclic) bond motifs is 2. The predicted molar refractivity (Wildman–Crippen MR) is 85.1 cm³/mol. The maximum atomic E-state index is 12.6. The van der Waals surface area contributed by atoms with Crippen LogP contribution < -0.4 is 15.7 Å². The summed E-state index contributed by atoms with van der Waals surface area (Å²) in [6, 6.07) is 14.4. The van der Waals surface area contributed by atoms with Gasteiger partial charge in [-0.05, 0) is 12.1 Å². The van der Waals surface area contributed by atoms with Gasteiger partial charge in [-0.25, -0.2) is 4.79 Å². The number of H-pyrrole nitrogens is 1. The van der Waals surface area contributed by atoms with E-state index in [1.807, 2.05) is 24.3 Å². The SMILES string of the molecule is O=c1oc2ccccc2c([O-])c1-c1[nH+]c2ccccc2s1.[Be+2]. The quantitative estimate of drug-likeness (QED) is 0.400. The number of hydrogen-bond acceptors (Lipinski definition) is 4. The third-order valence-corrected chi connectivity index (χ3v) is 4.43. The Morgan fingerprint density at radius 3 is 2.59 bits per heavy atom. The van der Waals surface area contributed by atoms with Gasteiger partial charge in [0, 0.05) is 11.5 Å². The van der Waals surface area contributed by atoms with Crippen molar-refractivity contribution >= 4 is 42.6 Å². The molecular weight excluding hydrogens is 295 g/mol. The zero-order chi connectivity index (χ0) is 14.4. The number of rotatable bonds is 1. The van der Waals surface area contributed by atoms with E-state index in [9.17, 15) is 9.90 Å². The van der Waals surface area contributed by atoms with E-state index in [2.05, 4.69) is 4.98 Å². The van der Waals surface area contributed by atoms with Crippen LogP contribution >= 0.6 is 11.3 Å². The van der Waals surface area contributed by atoms with Gasteiger partial charge in [-0.3, -0.25) is 0 Å². The van der Waals surface area contributed by atoms with E-state index in [4.69, 9.17) is 4.42 Å². The molecule has 6 heteroatoms. The summed E-state index contributed by atoms with van der Waals surface area (Å²) in [6.07, 6.45) is 0. The monoisotopic (exact) mass is 304 g/mol. The second-order valence-corrected chi connectivity index (χ2v) is 5.69. The van der Waals surface area contributed by atoms with Crippen LogP contribution in [0.25, 0.3) is 31.8 Å². The smallest absolute Gasteiger partial charge is 0.871 e. The molecule has 0 bridgehead atoms. The summed E-state index contributed by atoms with van der Waals surface area (Å²) in [7, 11) is 0. The average Bonchev–Trinajstić information content (AvgIpc) is 2.90. The maximum Gasteiger partial charge on any atom is 2.00 e. The molecular formula is C16H9BeNO3S+2. The molecule has 102 valence electrons. The molecule has 0 spiro atoms. The molecule has 2 heterocycles. The third-order valence-electron chi connectivity index (χ3n) is 3.34. The van der Waals surface area contributed by atoms with Crippen LogP contribution in [0, 0.1) is 0 Å². The van der Waals surface area contributed by atoms with Gasteiger partial charge in [0.05, 0.1) is 0 Å². The molecule has 0 unspecified atom stereocenters. The van der Waals surface area contributed by atoms with Gasteiger partial charge in [-0.1, -0.05) is 47.4 Å². The van der Waals surface area contributed by atoms with Crippen molar-refractivity contribution in [3.8, 4) is 16.3 Å². The van der Waals surface area contributed by atoms with Crippen molar-refractivity contribution in [3.05, 3.63) is 59.0 Å². The van der Waals surface area contributed by atoms with Crippen molar-refractivity contribution in [3.63, 3.8) is 0 Å². The van der Waals surface area contributed by atoms with Crippen molar-refractivity contribution < 1.29 is 14.5 Å². The molecule has 2 aromatic carbocycles. The normalized spacial score (nSPS) is 10.7. The minimum Gasteiger partial charge on any atom is -0.871 e. The summed E-state index contributed by atoms with van der Waals surface area (Å²) < 4.78 is 6.24. The number of benzene rings is 2. The Balaban J connectivity index is 0.00000144. The van der Waals surface area contributed by atoms with E-state index in [0.29, 0.717) is 16.0 Å². The summed E-state index contributed by atoms with van der Waals surface area (Å²) in [6.45, 7) is 0. The van der Waals surface area contributed by atoms with E-state index < -0.39 is 5.63 Å². The average molecular weight is 304 g/mol. The zero-order valence-corrected chi connectivity index (χ0v) is 12.3. The second-order valence-electron chi connectivity index (χ2n) is 4.64. The standard InChI is InChI=1S/C16H9NO3S.Be/c18-14-9-5-1-3-7-11(9)20-16(19)13(14)15-17-10-6-2-4-8-12(10)21-15;/h1-8,18H;/q;+2. The van der Waals surface area contributed by atoms with Crippen LogP contribution in [0.4, 0.5) is 0 Å². The molecule has 0 aliphatic heterocycles. The molecule has 0 radical (unpaired) electrons. The molecule has 0 saturated carbocycles. The van der Waals surface area contributed by atoms with Crippen LogP contribution in [0.15, 0.2) is 57.7 Å². The number of hydrogen-bond donors (Lipinski definition) is 0. The molecule has 0 atom stereocenters. The fourth-order valence-corrected chi connectivity index (χ4v) is 3.38. The van der Waals surface area contributed by atoms with Gasteiger partial charge in [-0.15, -0.1) is 0 Å². The van der Waals surface area contributed by atoms with Crippen LogP contribution in [0.1, 0.15) is 0 Å². The number of nitrogens with one attached hydrogen (secondary N) is 1. The van der Waals surface area contributed by atoms with E-state index in [0.717, 1.165) is 10.2 Å². The summed E-state index contributed by atoms with van der Waals surface area (Å²) >= 11 is 1.37.